The van der Waals surface area contributed by atoms with Crippen LogP contribution in [-0.4, -0.2) is 23.9 Å². The van der Waals surface area contributed by atoms with Crippen LogP contribution in [0.4, 0.5) is 5.69 Å². The third kappa shape index (κ3) is 2.78. The Labute approximate surface area is 91.1 Å². The lowest BCUT2D eigenvalue weighted by Crippen LogP contribution is -2.25. The lowest BCUT2D eigenvalue weighted by molar-refractivity contribution is 0.0983. The largest absolute Gasteiger partial charge is 0.371 e. The van der Waals surface area contributed by atoms with Gasteiger partial charge < -0.3 is 4.90 Å². The maximum Gasteiger partial charge on any atom is 0.180 e. The fourth-order valence-corrected chi connectivity index (χ4v) is 1.24. The summed E-state index contributed by atoms with van der Waals surface area (Å²) in [7, 11) is 2.02. The second-order valence-corrected chi connectivity index (χ2v) is 3.88. The minimum atomic E-state index is 0.0914. The number of carbonyl (C=O) groups is 1. The van der Waals surface area contributed by atoms with E-state index in [1.165, 1.54) is 0 Å². The molecule has 0 fully saturated rings. The van der Waals surface area contributed by atoms with Gasteiger partial charge in [-0.1, -0.05) is 6.92 Å². The third-order valence-electron chi connectivity index (χ3n) is 2.54. The molecule has 0 bridgehead atoms. The Hall–Kier alpha value is -1.38. The minimum Gasteiger partial charge on any atom is -0.371 e. The maximum absolute atomic E-state index is 11.4. The summed E-state index contributed by atoms with van der Waals surface area (Å²) < 4.78 is 0. The molecule has 0 spiro atoms. The molecule has 0 unspecified atom stereocenters. The molecule has 0 N–H and O–H groups in total. The van der Waals surface area contributed by atoms with Crippen LogP contribution in [0.5, 0.6) is 0 Å². The maximum atomic E-state index is 11.4. The Morgan fingerprint density at radius 1 is 1.47 bits per heavy atom. The minimum absolute atomic E-state index is 0.0914. The van der Waals surface area contributed by atoms with Crippen LogP contribution in [0.1, 0.15) is 37.7 Å². The second-order valence-electron chi connectivity index (χ2n) is 3.88. The molecule has 0 radical (unpaired) electrons. The average Bonchev–Trinajstić information content (AvgIpc) is 2.27. The number of Topliss-reactive ketones (excluding diaryl/α,β-unsaturated/α-hetero) is 1. The van der Waals surface area contributed by atoms with Crippen LogP contribution >= 0.6 is 0 Å². The van der Waals surface area contributed by atoms with Crippen molar-refractivity contribution >= 4 is 11.5 Å². The van der Waals surface area contributed by atoms with Gasteiger partial charge in [-0.15, -0.1) is 0 Å². The molecule has 0 saturated heterocycles. The number of pyridine rings is 1. The van der Waals surface area contributed by atoms with Crippen LogP contribution in [-0.2, 0) is 0 Å². The third-order valence-corrected chi connectivity index (χ3v) is 2.54. The van der Waals surface area contributed by atoms with Crippen molar-refractivity contribution in [3.8, 4) is 0 Å². The summed E-state index contributed by atoms with van der Waals surface area (Å²) in [6, 6.07) is 4.16. The number of hydrogen-bond acceptors (Lipinski definition) is 3. The van der Waals surface area contributed by atoms with Gasteiger partial charge >= 0.3 is 0 Å². The molecule has 1 heterocycles. The van der Waals surface area contributed by atoms with Gasteiger partial charge in [0, 0.05) is 19.5 Å². The molecule has 15 heavy (non-hydrogen) atoms. The van der Waals surface area contributed by atoms with Crippen molar-refractivity contribution in [2.45, 2.75) is 33.2 Å². The summed E-state index contributed by atoms with van der Waals surface area (Å²) in [6.07, 6.45) is 2.26. The average molecular weight is 206 g/mol. The number of carbonyl (C=O) groups excluding carboxylic acids is 1. The number of ketones is 1. The first kappa shape index (κ1) is 11.7. The van der Waals surface area contributed by atoms with Crippen molar-refractivity contribution in [3.63, 3.8) is 0 Å². The van der Waals surface area contributed by atoms with E-state index in [9.17, 15) is 4.79 Å². The molecule has 1 aromatic rings. The van der Waals surface area contributed by atoms with Crippen LogP contribution < -0.4 is 4.90 Å². The molecular weight excluding hydrogens is 188 g/mol. The molecule has 0 aliphatic rings. The molecule has 0 saturated carbocycles. The molecule has 82 valence electrons. The molecule has 3 heteroatoms. The highest BCUT2D eigenvalue weighted by Crippen LogP contribution is 2.14. The first-order valence-electron chi connectivity index (χ1n) is 5.28. The number of aromatic nitrogens is 1. The fourth-order valence-electron chi connectivity index (χ4n) is 1.24. The van der Waals surface area contributed by atoms with Gasteiger partial charge in [0.2, 0.25) is 0 Å². The molecule has 0 aliphatic heterocycles. The van der Waals surface area contributed by atoms with Crippen molar-refractivity contribution in [3.05, 3.63) is 24.0 Å². The molecule has 0 aromatic carbocycles. The molecule has 1 aromatic heterocycles. The van der Waals surface area contributed by atoms with Crippen LogP contribution in [0.25, 0.3) is 0 Å². The molecule has 1 rings (SSSR count). The van der Waals surface area contributed by atoms with E-state index >= 15 is 0 Å². The van der Waals surface area contributed by atoms with Crippen molar-refractivity contribution in [2.75, 3.05) is 11.9 Å². The highest BCUT2D eigenvalue weighted by molar-refractivity contribution is 5.94. The quantitative estimate of drug-likeness (QED) is 0.710. The molecule has 3 nitrogen and oxygen atoms in total. The number of anilines is 1. The predicted molar refractivity (Wildman–Crippen MR) is 62.4 cm³/mol. The van der Waals surface area contributed by atoms with E-state index in [2.05, 4.69) is 23.7 Å². The van der Waals surface area contributed by atoms with Crippen molar-refractivity contribution in [1.82, 2.24) is 4.98 Å². The number of hydrogen-bond donors (Lipinski definition) is 0. The molecule has 0 aliphatic carbocycles. The predicted octanol–water partition coefficient (Wildman–Crippen LogP) is 2.52. The Morgan fingerprint density at radius 3 is 2.53 bits per heavy atom. The summed E-state index contributed by atoms with van der Waals surface area (Å²) in [5, 5.41) is 0. The zero-order valence-corrected chi connectivity index (χ0v) is 9.82. The van der Waals surface area contributed by atoms with Crippen LogP contribution in [0.3, 0.4) is 0 Å². The monoisotopic (exact) mass is 206 g/mol. The van der Waals surface area contributed by atoms with Gasteiger partial charge in [0.1, 0.15) is 5.69 Å². The van der Waals surface area contributed by atoms with E-state index < -0.39 is 0 Å². The van der Waals surface area contributed by atoms with Gasteiger partial charge in [0.25, 0.3) is 0 Å². The SMILES string of the molecule is CCC(=O)c1ccc(N(C)C(C)C)cn1. The first-order chi connectivity index (χ1) is 7.06. The highest BCUT2D eigenvalue weighted by Gasteiger charge is 2.07. The summed E-state index contributed by atoms with van der Waals surface area (Å²) in [5.41, 5.74) is 1.59. The topological polar surface area (TPSA) is 33.2 Å². The lowest BCUT2D eigenvalue weighted by atomic mass is 10.2. The Kier molecular flexibility index (Phi) is 3.83. The van der Waals surface area contributed by atoms with Crippen molar-refractivity contribution in [2.24, 2.45) is 0 Å². The van der Waals surface area contributed by atoms with Gasteiger partial charge in [-0.25, -0.2) is 0 Å². The summed E-state index contributed by atoms with van der Waals surface area (Å²) in [5.74, 6) is 0.0914. The van der Waals surface area contributed by atoms with E-state index in [0.717, 1.165) is 5.69 Å². The van der Waals surface area contributed by atoms with E-state index in [4.69, 9.17) is 0 Å². The van der Waals surface area contributed by atoms with Crippen LogP contribution in [0.15, 0.2) is 18.3 Å². The smallest absolute Gasteiger partial charge is 0.180 e. The zero-order chi connectivity index (χ0) is 11.4. The summed E-state index contributed by atoms with van der Waals surface area (Å²) in [4.78, 5) is 17.6. The molecule has 0 amide bonds. The lowest BCUT2D eigenvalue weighted by Gasteiger charge is -2.23. The second kappa shape index (κ2) is 4.91. The zero-order valence-electron chi connectivity index (χ0n) is 9.82. The Bertz CT molecular complexity index is 330. The van der Waals surface area contributed by atoms with Crippen LogP contribution in [0, 0.1) is 0 Å². The van der Waals surface area contributed by atoms with Gasteiger partial charge in [-0.3, -0.25) is 9.78 Å². The summed E-state index contributed by atoms with van der Waals surface area (Å²) in [6.45, 7) is 6.08. The summed E-state index contributed by atoms with van der Waals surface area (Å²) >= 11 is 0. The van der Waals surface area contributed by atoms with E-state index in [-0.39, 0.29) is 5.78 Å². The van der Waals surface area contributed by atoms with Crippen molar-refractivity contribution < 1.29 is 4.79 Å². The van der Waals surface area contributed by atoms with Crippen molar-refractivity contribution in [1.29, 1.82) is 0 Å². The van der Waals surface area contributed by atoms with Gasteiger partial charge in [0.15, 0.2) is 5.78 Å². The highest BCUT2D eigenvalue weighted by atomic mass is 16.1. The molecular formula is C12H18N2O. The normalized spacial score (nSPS) is 10.5. The van der Waals surface area contributed by atoms with E-state index in [1.807, 2.05) is 20.0 Å². The van der Waals surface area contributed by atoms with Gasteiger partial charge in [0.05, 0.1) is 11.9 Å². The number of rotatable bonds is 4. The van der Waals surface area contributed by atoms with E-state index in [0.29, 0.717) is 18.2 Å². The Balaban J connectivity index is 2.85. The number of nitrogens with zero attached hydrogens (tertiary/aromatic N) is 2. The van der Waals surface area contributed by atoms with Gasteiger partial charge in [-0.05, 0) is 26.0 Å². The molecule has 0 atom stereocenters. The Morgan fingerprint density at radius 2 is 2.13 bits per heavy atom. The fraction of sp³-hybridized carbons (Fsp3) is 0.500. The van der Waals surface area contributed by atoms with Crippen LogP contribution in [0.2, 0.25) is 0 Å². The van der Waals surface area contributed by atoms with Gasteiger partial charge in [-0.2, -0.15) is 0 Å². The standard InChI is InChI=1S/C12H18N2O/c1-5-12(15)11-7-6-10(8-13-11)14(4)9(2)3/h6-9H,5H2,1-4H3. The first-order valence-corrected chi connectivity index (χ1v) is 5.28. The van der Waals surface area contributed by atoms with E-state index in [1.54, 1.807) is 12.3 Å².